The fourth-order valence-corrected chi connectivity index (χ4v) is 2.45. The molecule has 112 valence electrons. The topological polar surface area (TPSA) is 83.6 Å². The average Bonchev–Trinajstić information content (AvgIpc) is 2.88. The molecule has 0 saturated carbocycles. The Hall–Kier alpha value is -2.21. The van der Waals surface area contributed by atoms with Crippen molar-refractivity contribution < 1.29 is 19.1 Å². The quantitative estimate of drug-likeness (QED) is 0.800. The van der Waals surface area contributed by atoms with Crippen molar-refractivity contribution in [3.63, 3.8) is 0 Å². The fourth-order valence-electron chi connectivity index (χ4n) is 2.45. The number of primary amides is 1. The van der Waals surface area contributed by atoms with Gasteiger partial charge in [0.15, 0.2) is 0 Å². The summed E-state index contributed by atoms with van der Waals surface area (Å²) in [5, 5.41) is 8.58. The summed E-state index contributed by atoms with van der Waals surface area (Å²) in [5.74, 6) is -2.00. The molecule has 1 fully saturated rings. The summed E-state index contributed by atoms with van der Waals surface area (Å²) in [6.45, 7) is 1.95. The first-order valence-corrected chi connectivity index (χ1v) is 6.67. The average molecular weight is 292 g/mol. The molecule has 1 amide bonds. The van der Waals surface area contributed by atoms with E-state index in [1.54, 1.807) is 12.1 Å². The summed E-state index contributed by atoms with van der Waals surface area (Å²) in [6, 6.07) is 4.59. The zero-order chi connectivity index (χ0) is 15.4. The molecule has 1 atom stereocenters. The third-order valence-electron chi connectivity index (χ3n) is 3.55. The van der Waals surface area contributed by atoms with Crippen molar-refractivity contribution in [2.24, 2.45) is 11.7 Å². The summed E-state index contributed by atoms with van der Waals surface area (Å²) in [6.07, 6.45) is 2.88. The van der Waals surface area contributed by atoms with Gasteiger partial charge in [-0.2, -0.15) is 0 Å². The molecule has 3 N–H and O–H groups in total. The number of halogens is 1. The van der Waals surface area contributed by atoms with Crippen LogP contribution in [0.15, 0.2) is 24.3 Å². The van der Waals surface area contributed by atoms with Crippen molar-refractivity contribution in [3.05, 3.63) is 41.2 Å². The number of nitrogens with two attached hydrogens (primary N) is 1. The van der Waals surface area contributed by atoms with Crippen LogP contribution < -0.4 is 5.73 Å². The number of aliphatic carboxylic acids is 1. The van der Waals surface area contributed by atoms with Gasteiger partial charge in [-0.1, -0.05) is 6.07 Å². The number of rotatable bonds is 5. The lowest BCUT2D eigenvalue weighted by Crippen LogP contribution is -2.27. The van der Waals surface area contributed by atoms with E-state index in [1.165, 1.54) is 12.1 Å². The molecule has 0 aliphatic carbocycles. The van der Waals surface area contributed by atoms with Gasteiger partial charge in [0.25, 0.3) is 0 Å². The van der Waals surface area contributed by atoms with Crippen LogP contribution >= 0.6 is 0 Å². The van der Waals surface area contributed by atoms with Crippen LogP contribution in [0.25, 0.3) is 6.08 Å². The smallest absolute Gasteiger partial charge is 0.328 e. The van der Waals surface area contributed by atoms with Crippen LogP contribution in [0.1, 0.15) is 17.5 Å². The van der Waals surface area contributed by atoms with Crippen molar-refractivity contribution >= 4 is 18.0 Å². The first kappa shape index (κ1) is 15.2. The lowest BCUT2D eigenvalue weighted by atomic mass is 10.1. The zero-order valence-electron chi connectivity index (χ0n) is 11.5. The van der Waals surface area contributed by atoms with E-state index in [-0.39, 0.29) is 17.4 Å². The van der Waals surface area contributed by atoms with E-state index >= 15 is 0 Å². The van der Waals surface area contributed by atoms with Gasteiger partial charge < -0.3 is 10.8 Å². The predicted octanol–water partition coefficient (Wildman–Crippen LogP) is 1.23. The van der Waals surface area contributed by atoms with Gasteiger partial charge >= 0.3 is 5.97 Å². The van der Waals surface area contributed by atoms with E-state index < -0.39 is 11.8 Å². The molecule has 2 rings (SSSR count). The van der Waals surface area contributed by atoms with Crippen molar-refractivity contribution in [1.82, 2.24) is 4.90 Å². The van der Waals surface area contributed by atoms with Gasteiger partial charge in [0, 0.05) is 24.7 Å². The minimum Gasteiger partial charge on any atom is -0.478 e. The summed E-state index contributed by atoms with van der Waals surface area (Å²) >= 11 is 0. The maximum absolute atomic E-state index is 13.6. The van der Waals surface area contributed by atoms with E-state index in [9.17, 15) is 14.0 Å². The number of hydrogen-bond donors (Lipinski definition) is 2. The van der Waals surface area contributed by atoms with Crippen LogP contribution in [0.2, 0.25) is 0 Å². The van der Waals surface area contributed by atoms with Crippen molar-refractivity contribution in [3.8, 4) is 0 Å². The summed E-state index contributed by atoms with van der Waals surface area (Å²) in [5.41, 5.74) is 6.39. The Morgan fingerprint density at radius 1 is 1.48 bits per heavy atom. The van der Waals surface area contributed by atoms with E-state index in [0.717, 1.165) is 24.6 Å². The van der Waals surface area contributed by atoms with Crippen molar-refractivity contribution in [2.45, 2.75) is 13.0 Å². The zero-order valence-corrected chi connectivity index (χ0v) is 11.5. The summed E-state index contributed by atoms with van der Waals surface area (Å²) < 4.78 is 13.6. The highest BCUT2D eigenvalue weighted by atomic mass is 19.1. The molecule has 0 spiro atoms. The van der Waals surface area contributed by atoms with Gasteiger partial charge in [0.2, 0.25) is 5.91 Å². The van der Waals surface area contributed by atoms with E-state index in [1.807, 2.05) is 0 Å². The number of nitrogens with zero attached hydrogens (tertiary/aromatic N) is 1. The van der Waals surface area contributed by atoms with Gasteiger partial charge in [-0.05, 0) is 36.7 Å². The van der Waals surface area contributed by atoms with Crippen LogP contribution in [0.5, 0.6) is 0 Å². The number of likely N-dealkylation sites (tertiary alicyclic amines) is 1. The van der Waals surface area contributed by atoms with Gasteiger partial charge in [-0.25, -0.2) is 9.18 Å². The highest BCUT2D eigenvalue weighted by Gasteiger charge is 2.26. The van der Waals surface area contributed by atoms with Crippen LogP contribution in [-0.4, -0.2) is 35.0 Å². The molecule has 0 aromatic heterocycles. The minimum absolute atomic E-state index is 0.128. The molecule has 21 heavy (non-hydrogen) atoms. The standard InChI is InChI=1S/C15H17FN2O3/c16-13-3-1-10(7-11(13)2-4-14(19)20)8-18-6-5-12(9-18)15(17)21/h1-4,7,12H,5-6,8-9H2,(H2,17,21)(H,19,20)/b4-2+. The van der Waals surface area contributed by atoms with E-state index in [0.29, 0.717) is 13.1 Å². The molecule has 0 bridgehead atoms. The Morgan fingerprint density at radius 3 is 2.86 bits per heavy atom. The van der Waals surface area contributed by atoms with Crippen LogP contribution in [-0.2, 0) is 16.1 Å². The van der Waals surface area contributed by atoms with Crippen LogP contribution in [0, 0.1) is 11.7 Å². The molecule has 6 heteroatoms. The second-order valence-corrected chi connectivity index (χ2v) is 5.15. The molecule has 1 unspecified atom stereocenters. The molecule has 1 aromatic carbocycles. The maximum atomic E-state index is 13.6. The molecule has 0 radical (unpaired) electrons. The lowest BCUT2D eigenvalue weighted by Gasteiger charge is -2.15. The Labute approximate surface area is 121 Å². The number of carboxylic acid groups (broad SMARTS) is 1. The van der Waals surface area contributed by atoms with Gasteiger partial charge in [-0.15, -0.1) is 0 Å². The molecule has 1 saturated heterocycles. The molecular weight excluding hydrogens is 275 g/mol. The molecular formula is C15H17FN2O3. The first-order chi connectivity index (χ1) is 9.95. The van der Waals surface area contributed by atoms with Gasteiger partial charge in [0.05, 0.1) is 5.92 Å². The largest absolute Gasteiger partial charge is 0.478 e. The van der Waals surface area contributed by atoms with Gasteiger partial charge in [0.1, 0.15) is 5.82 Å². The Balaban J connectivity index is 2.06. The number of benzene rings is 1. The second-order valence-electron chi connectivity index (χ2n) is 5.15. The van der Waals surface area contributed by atoms with Gasteiger partial charge in [-0.3, -0.25) is 9.69 Å². The van der Waals surface area contributed by atoms with E-state index in [4.69, 9.17) is 10.8 Å². The molecule has 5 nitrogen and oxygen atoms in total. The number of carbonyl (C=O) groups excluding carboxylic acids is 1. The Morgan fingerprint density at radius 2 is 2.24 bits per heavy atom. The lowest BCUT2D eigenvalue weighted by molar-refractivity contribution is -0.131. The van der Waals surface area contributed by atoms with Crippen LogP contribution in [0.4, 0.5) is 4.39 Å². The SMILES string of the molecule is NC(=O)C1CCN(Cc2ccc(F)c(/C=C/C(=O)O)c2)C1. The molecule has 1 aromatic rings. The molecule has 1 aliphatic rings. The predicted molar refractivity (Wildman–Crippen MR) is 75.6 cm³/mol. The maximum Gasteiger partial charge on any atom is 0.328 e. The van der Waals surface area contributed by atoms with Crippen LogP contribution in [0.3, 0.4) is 0 Å². The minimum atomic E-state index is -1.12. The number of carbonyl (C=O) groups is 2. The van der Waals surface area contributed by atoms with E-state index in [2.05, 4.69) is 4.90 Å². The molecule has 1 aliphatic heterocycles. The van der Waals surface area contributed by atoms with Crippen molar-refractivity contribution in [2.75, 3.05) is 13.1 Å². The highest BCUT2D eigenvalue weighted by molar-refractivity contribution is 5.85. The third-order valence-corrected chi connectivity index (χ3v) is 3.55. The number of hydrogen-bond acceptors (Lipinski definition) is 3. The highest BCUT2D eigenvalue weighted by Crippen LogP contribution is 2.20. The molecule has 1 heterocycles. The normalized spacial score (nSPS) is 19.2. The Kier molecular flexibility index (Phi) is 4.70. The fraction of sp³-hybridized carbons (Fsp3) is 0.333. The van der Waals surface area contributed by atoms with Crippen molar-refractivity contribution in [1.29, 1.82) is 0 Å². The summed E-state index contributed by atoms with van der Waals surface area (Å²) in [7, 11) is 0. The monoisotopic (exact) mass is 292 g/mol. The number of amides is 1. The number of carboxylic acids is 1. The Bertz CT molecular complexity index is 586. The summed E-state index contributed by atoms with van der Waals surface area (Å²) in [4.78, 5) is 23.7. The third kappa shape index (κ3) is 4.13. The first-order valence-electron chi connectivity index (χ1n) is 6.67. The second kappa shape index (κ2) is 6.49.